The Morgan fingerprint density at radius 1 is 1.38 bits per heavy atom. The first kappa shape index (κ1) is 13.5. The minimum atomic E-state index is -0.259. The maximum absolute atomic E-state index is 11.6. The van der Waals surface area contributed by atoms with Crippen molar-refractivity contribution in [3.63, 3.8) is 0 Å². The molecule has 1 saturated carbocycles. The molecular formula is C13H26N2O. The lowest BCUT2D eigenvalue weighted by Gasteiger charge is -2.24. The van der Waals surface area contributed by atoms with Crippen molar-refractivity contribution in [2.24, 2.45) is 11.7 Å². The fraction of sp³-hybridized carbons (Fsp3) is 0.923. The Morgan fingerprint density at radius 2 is 2.00 bits per heavy atom. The molecular weight excluding hydrogens is 200 g/mol. The number of amides is 1. The van der Waals surface area contributed by atoms with E-state index in [9.17, 15) is 4.79 Å². The predicted molar refractivity (Wildman–Crippen MR) is 67.1 cm³/mol. The molecule has 3 N–H and O–H groups in total. The van der Waals surface area contributed by atoms with Crippen molar-refractivity contribution in [2.45, 2.75) is 64.3 Å². The van der Waals surface area contributed by atoms with E-state index in [-0.39, 0.29) is 11.4 Å². The molecule has 3 heteroatoms. The van der Waals surface area contributed by atoms with Crippen molar-refractivity contribution in [1.29, 1.82) is 0 Å². The quantitative estimate of drug-likeness (QED) is 0.729. The second-order valence-corrected chi connectivity index (χ2v) is 5.68. The molecule has 1 aliphatic carbocycles. The van der Waals surface area contributed by atoms with E-state index in [4.69, 9.17) is 5.73 Å². The maximum Gasteiger partial charge on any atom is 0.220 e. The minimum Gasteiger partial charge on any atom is -0.350 e. The van der Waals surface area contributed by atoms with Crippen LogP contribution in [-0.4, -0.2) is 18.0 Å². The van der Waals surface area contributed by atoms with Gasteiger partial charge in [-0.25, -0.2) is 0 Å². The normalized spacial score (nSPS) is 17.7. The van der Waals surface area contributed by atoms with Gasteiger partial charge in [-0.15, -0.1) is 0 Å². The summed E-state index contributed by atoms with van der Waals surface area (Å²) in [6.45, 7) is 4.41. The molecule has 1 rings (SSSR count). The van der Waals surface area contributed by atoms with Crippen LogP contribution >= 0.6 is 0 Å². The molecule has 0 spiro atoms. The van der Waals surface area contributed by atoms with Crippen molar-refractivity contribution in [1.82, 2.24) is 5.32 Å². The van der Waals surface area contributed by atoms with Crippen LogP contribution < -0.4 is 11.1 Å². The van der Waals surface area contributed by atoms with Gasteiger partial charge in [-0.2, -0.15) is 0 Å². The standard InChI is InChI=1S/C13H26N2O/c1-13(2,10-14)15-12(16)9-5-8-11-6-3-4-7-11/h11H,3-10,14H2,1-2H3,(H,15,16). The van der Waals surface area contributed by atoms with Crippen LogP contribution in [0.5, 0.6) is 0 Å². The fourth-order valence-corrected chi connectivity index (χ4v) is 2.34. The zero-order chi connectivity index (χ0) is 12.0. The molecule has 94 valence electrons. The third-order valence-electron chi connectivity index (χ3n) is 3.48. The van der Waals surface area contributed by atoms with Gasteiger partial charge in [0.05, 0.1) is 0 Å². The SMILES string of the molecule is CC(C)(CN)NC(=O)CCCC1CCCC1. The minimum absolute atomic E-state index is 0.147. The van der Waals surface area contributed by atoms with Gasteiger partial charge in [0.2, 0.25) is 5.91 Å². The lowest BCUT2D eigenvalue weighted by atomic mass is 10.00. The van der Waals surface area contributed by atoms with Crippen molar-refractivity contribution in [3.8, 4) is 0 Å². The Kier molecular flexibility index (Phi) is 5.26. The van der Waals surface area contributed by atoms with Crippen LogP contribution in [0.15, 0.2) is 0 Å². The first-order chi connectivity index (χ1) is 7.53. The number of hydrogen-bond acceptors (Lipinski definition) is 2. The van der Waals surface area contributed by atoms with Gasteiger partial charge in [0, 0.05) is 18.5 Å². The highest BCUT2D eigenvalue weighted by atomic mass is 16.1. The number of carbonyl (C=O) groups excluding carboxylic acids is 1. The molecule has 1 fully saturated rings. The van der Waals surface area contributed by atoms with Gasteiger partial charge >= 0.3 is 0 Å². The van der Waals surface area contributed by atoms with E-state index in [1.54, 1.807) is 0 Å². The molecule has 0 aromatic heterocycles. The molecule has 0 aromatic carbocycles. The molecule has 0 radical (unpaired) electrons. The average molecular weight is 226 g/mol. The van der Waals surface area contributed by atoms with Gasteiger partial charge in [-0.1, -0.05) is 25.7 Å². The highest BCUT2D eigenvalue weighted by Gasteiger charge is 2.19. The number of rotatable bonds is 6. The summed E-state index contributed by atoms with van der Waals surface area (Å²) in [7, 11) is 0. The second-order valence-electron chi connectivity index (χ2n) is 5.68. The Labute approximate surface area is 99.2 Å². The smallest absolute Gasteiger partial charge is 0.220 e. The zero-order valence-electron chi connectivity index (χ0n) is 10.7. The van der Waals surface area contributed by atoms with Crippen LogP contribution in [-0.2, 0) is 4.79 Å². The molecule has 0 aliphatic heterocycles. The summed E-state index contributed by atoms with van der Waals surface area (Å²) in [6, 6.07) is 0. The Balaban J connectivity index is 2.10. The summed E-state index contributed by atoms with van der Waals surface area (Å²) in [5.41, 5.74) is 5.31. The molecule has 0 atom stereocenters. The molecule has 0 bridgehead atoms. The van der Waals surface area contributed by atoms with Crippen LogP contribution in [0.2, 0.25) is 0 Å². The van der Waals surface area contributed by atoms with E-state index < -0.39 is 0 Å². The Hall–Kier alpha value is -0.570. The summed E-state index contributed by atoms with van der Waals surface area (Å²) < 4.78 is 0. The molecule has 0 aromatic rings. The molecule has 0 saturated heterocycles. The van der Waals surface area contributed by atoms with Crippen molar-refractivity contribution < 1.29 is 4.79 Å². The third kappa shape index (κ3) is 4.97. The van der Waals surface area contributed by atoms with Crippen molar-refractivity contribution >= 4 is 5.91 Å². The summed E-state index contributed by atoms with van der Waals surface area (Å²) in [4.78, 5) is 11.6. The average Bonchev–Trinajstić information content (AvgIpc) is 2.70. The molecule has 16 heavy (non-hydrogen) atoms. The molecule has 1 amide bonds. The van der Waals surface area contributed by atoms with E-state index >= 15 is 0 Å². The first-order valence-electron chi connectivity index (χ1n) is 6.54. The highest BCUT2D eigenvalue weighted by Crippen LogP contribution is 2.28. The maximum atomic E-state index is 11.6. The Bertz CT molecular complexity index is 220. The summed E-state index contributed by atoms with van der Waals surface area (Å²) in [5, 5.41) is 2.97. The zero-order valence-corrected chi connectivity index (χ0v) is 10.7. The van der Waals surface area contributed by atoms with Gasteiger partial charge in [-0.05, 0) is 32.6 Å². The number of hydrogen-bond donors (Lipinski definition) is 2. The van der Waals surface area contributed by atoms with Crippen molar-refractivity contribution in [2.75, 3.05) is 6.54 Å². The number of carbonyl (C=O) groups is 1. The topological polar surface area (TPSA) is 55.1 Å². The van der Waals surface area contributed by atoms with Crippen LogP contribution in [0.4, 0.5) is 0 Å². The first-order valence-corrected chi connectivity index (χ1v) is 6.54. The van der Waals surface area contributed by atoms with Crippen LogP contribution in [0.25, 0.3) is 0 Å². The van der Waals surface area contributed by atoms with Gasteiger partial charge in [0.1, 0.15) is 0 Å². The molecule has 1 aliphatic rings. The molecule has 0 heterocycles. The van der Waals surface area contributed by atoms with E-state index in [2.05, 4.69) is 5.32 Å². The van der Waals surface area contributed by atoms with Crippen molar-refractivity contribution in [3.05, 3.63) is 0 Å². The number of nitrogens with one attached hydrogen (secondary N) is 1. The largest absolute Gasteiger partial charge is 0.350 e. The summed E-state index contributed by atoms with van der Waals surface area (Å²) in [5.74, 6) is 1.03. The monoisotopic (exact) mass is 226 g/mol. The van der Waals surface area contributed by atoms with E-state index in [0.29, 0.717) is 13.0 Å². The van der Waals surface area contributed by atoms with Crippen LogP contribution in [0, 0.1) is 5.92 Å². The number of nitrogens with two attached hydrogens (primary N) is 1. The van der Waals surface area contributed by atoms with Gasteiger partial charge < -0.3 is 11.1 Å². The lowest BCUT2D eigenvalue weighted by molar-refractivity contribution is -0.122. The van der Waals surface area contributed by atoms with E-state index in [1.807, 2.05) is 13.8 Å². The summed E-state index contributed by atoms with van der Waals surface area (Å²) in [6.07, 6.45) is 8.41. The Morgan fingerprint density at radius 3 is 2.56 bits per heavy atom. The molecule has 3 nitrogen and oxygen atoms in total. The van der Waals surface area contributed by atoms with Crippen LogP contribution in [0.1, 0.15) is 58.8 Å². The second kappa shape index (κ2) is 6.24. The fourth-order valence-electron chi connectivity index (χ4n) is 2.34. The molecule has 0 unspecified atom stereocenters. The lowest BCUT2D eigenvalue weighted by Crippen LogP contribution is -2.48. The predicted octanol–water partition coefficient (Wildman–Crippen LogP) is 2.20. The van der Waals surface area contributed by atoms with Gasteiger partial charge in [0.15, 0.2) is 0 Å². The van der Waals surface area contributed by atoms with E-state index in [1.165, 1.54) is 32.1 Å². The highest BCUT2D eigenvalue weighted by molar-refractivity contribution is 5.76. The third-order valence-corrected chi connectivity index (χ3v) is 3.48. The summed E-state index contributed by atoms with van der Waals surface area (Å²) >= 11 is 0. The van der Waals surface area contributed by atoms with Gasteiger partial charge in [-0.3, -0.25) is 4.79 Å². The van der Waals surface area contributed by atoms with Crippen LogP contribution in [0.3, 0.4) is 0 Å². The van der Waals surface area contributed by atoms with E-state index in [0.717, 1.165) is 12.3 Å². The van der Waals surface area contributed by atoms with Gasteiger partial charge in [0.25, 0.3) is 0 Å².